The van der Waals surface area contributed by atoms with Gasteiger partial charge in [-0.15, -0.1) is 0 Å². The summed E-state index contributed by atoms with van der Waals surface area (Å²) in [6.45, 7) is 2.63. The Morgan fingerprint density at radius 2 is 1.82 bits per heavy atom. The molecule has 10 nitrogen and oxygen atoms in total. The summed E-state index contributed by atoms with van der Waals surface area (Å²) in [5.41, 5.74) is 3.10. The van der Waals surface area contributed by atoms with Crippen LogP contribution in [0.3, 0.4) is 0 Å². The number of halogens is 1. The number of carbonyl (C=O) groups is 3. The van der Waals surface area contributed by atoms with Crippen LogP contribution in [0.25, 0.3) is 0 Å². The summed E-state index contributed by atoms with van der Waals surface area (Å²) in [5.74, 6) is -1.16. The third kappa shape index (κ3) is 9.17. The minimum absolute atomic E-state index is 0.192. The van der Waals surface area contributed by atoms with Crippen molar-refractivity contribution in [2.45, 2.75) is 6.92 Å². The Bertz CT molecular complexity index is 981. The number of rotatable bonds is 11. The van der Waals surface area contributed by atoms with Gasteiger partial charge in [0.1, 0.15) is 11.5 Å². The van der Waals surface area contributed by atoms with E-state index >= 15 is 0 Å². The van der Waals surface area contributed by atoms with Gasteiger partial charge in [-0.2, -0.15) is 5.10 Å². The van der Waals surface area contributed by atoms with Crippen LogP contribution in [-0.4, -0.2) is 57.4 Å². The normalized spacial score (nSPS) is 10.5. The Labute approximate surface area is 196 Å². The number of carbonyl (C=O) groups excluding carboxylic acids is 3. The Hall–Kier alpha value is -3.63. The van der Waals surface area contributed by atoms with Crippen molar-refractivity contribution in [3.05, 3.63) is 53.1 Å². The Balaban J connectivity index is 1.91. The van der Waals surface area contributed by atoms with Crippen molar-refractivity contribution in [1.82, 2.24) is 10.7 Å². The summed E-state index contributed by atoms with van der Waals surface area (Å²) in [5, 5.41) is 9.22. The van der Waals surface area contributed by atoms with Gasteiger partial charge in [-0.25, -0.2) is 5.43 Å². The van der Waals surface area contributed by atoms with Crippen LogP contribution in [0.1, 0.15) is 12.5 Å². The van der Waals surface area contributed by atoms with Crippen LogP contribution in [0.5, 0.6) is 11.5 Å². The lowest BCUT2D eigenvalue weighted by atomic mass is 10.2. The number of benzene rings is 2. The number of hydrazone groups is 1. The van der Waals surface area contributed by atoms with E-state index in [1.807, 2.05) is 6.92 Å². The second-order valence-corrected chi connectivity index (χ2v) is 6.86. The Kier molecular flexibility index (Phi) is 10.6. The van der Waals surface area contributed by atoms with Crippen molar-refractivity contribution in [2.24, 2.45) is 5.10 Å². The first kappa shape index (κ1) is 25.6. The average molecular weight is 477 g/mol. The molecule has 0 radical (unpaired) electrons. The smallest absolute Gasteiger partial charge is 0.329 e. The van der Waals surface area contributed by atoms with Crippen molar-refractivity contribution >= 4 is 41.2 Å². The van der Waals surface area contributed by atoms with Crippen LogP contribution in [0.4, 0.5) is 5.69 Å². The van der Waals surface area contributed by atoms with Gasteiger partial charge in [0.15, 0.2) is 6.61 Å². The number of anilines is 1. The summed E-state index contributed by atoms with van der Waals surface area (Å²) in [6, 6.07) is 11.6. The zero-order chi connectivity index (χ0) is 24.1. The third-order valence-electron chi connectivity index (χ3n) is 3.95. The first-order valence-electron chi connectivity index (χ1n) is 9.98. The number of amides is 3. The van der Waals surface area contributed by atoms with Crippen LogP contribution in [0.2, 0.25) is 5.02 Å². The van der Waals surface area contributed by atoms with Crippen molar-refractivity contribution in [3.63, 3.8) is 0 Å². The minimum Gasteiger partial charge on any atom is -0.494 e. The molecule has 0 saturated heterocycles. The fourth-order valence-electron chi connectivity index (χ4n) is 2.45. The zero-order valence-electron chi connectivity index (χ0n) is 18.2. The molecule has 3 amide bonds. The van der Waals surface area contributed by atoms with Gasteiger partial charge in [0.05, 0.1) is 19.4 Å². The molecule has 0 aliphatic rings. The summed E-state index contributed by atoms with van der Waals surface area (Å²) in [6.07, 6.45) is 1.26. The third-order valence-corrected chi connectivity index (χ3v) is 4.18. The lowest BCUT2D eigenvalue weighted by molar-refractivity contribution is -0.139. The van der Waals surface area contributed by atoms with Crippen molar-refractivity contribution in [3.8, 4) is 11.5 Å². The molecule has 3 N–H and O–H groups in total. The summed E-state index contributed by atoms with van der Waals surface area (Å²) in [4.78, 5) is 35.6. The molecule has 0 aromatic heterocycles. The van der Waals surface area contributed by atoms with E-state index in [1.165, 1.54) is 19.4 Å². The molecule has 0 fully saturated rings. The molecule has 2 aromatic rings. The first-order valence-corrected chi connectivity index (χ1v) is 10.4. The van der Waals surface area contributed by atoms with Crippen molar-refractivity contribution in [1.29, 1.82) is 0 Å². The summed E-state index contributed by atoms with van der Waals surface area (Å²) in [7, 11) is 1.48. The molecule has 0 atom stereocenters. The minimum atomic E-state index is -0.943. The second kappa shape index (κ2) is 13.7. The zero-order valence-corrected chi connectivity index (χ0v) is 19.0. The highest BCUT2D eigenvalue weighted by molar-refractivity contribution is 6.35. The second-order valence-electron chi connectivity index (χ2n) is 6.42. The number of hydrogen-bond acceptors (Lipinski definition) is 7. The highest BCUT2D eigenvalue weighted by Gasteiger charge is 2.12. The van der Waals surface area contributed by atoms with E-state index in [4.69, 9.17) is 25.8 Å². The number of methoxy groups -OCH3 is 1. The molecule has 0 bridgehead atoms. The molecule has 2 rings (SSSR count). The van der Waals surface area contributed by atoms with Crippen LogP contribution in [-0.2, 0) is 19.1 Å². The molecule has 0 heterocycles. The molecule has 0 spiro atoms. The number of hydrogen-bond donors (Lipinski definition) is 3. The molecular weight excluding hydrogens is 452 g/mol. The molecule has 2 aromatic carbocycles. The number of nitrogens with zero attached hydrogens (tertiary/aromatic N) is 1. The standard InChI is InChI=1S/C22H25ClN4O6/c1-3-32-18-7-5-17(6-8-18)26-20(28)14-33-19-9-4-16(23)12-15(19)13-25-27-22(30)21(29)24-10-11-31-2/h4-9,12-13H,3,10-11,14H2,1-2H3,(H,24,29)(H,26,28)(H,27,30)/b25-13-. The van der Waals surface area contributed by atoms with E-state index in [0.717, 1.165) is 0 Å². The number of ether oxygens (including phenoxy) is 3. The predicted molar refractivity (Wildman–Crippen MR) is 124 cm³/mol. The summed E-state index contributed by atoms with van der Waals surface area (Å²) >= 11 is 6.01. The van der Waals surface area contributed by atoms with Gasteiger partial charge in [0.25, 0.3) is 5.91 Å². The van der Waals surface area contributed by atoms with Gasteiger partial charge < -0.3 is 24.8 Å². The van der Waals surface area contributed by atoms with E-state index in [0.29, 0.717) is 34.4 Å². The average Bonchev–Trinajstić information content (AvgIpc) is 2.80. The van der Waals surface area contributed by atoms with Gasteiger partial charge in [-0.05, 0) is 49.4 Å². The first-order chi connectivity index (χ1) is 15.9. The van der Waals surface area contributed by atoms with Crippen LogP contribution in [0, 0.1) is 0 Å². The van der Waals surface area contributed by atoms with E-state index < -0.39 is 11.8 Å². The monoisotopic (exact) mass is 476 g/mol. The van der Waals surface area contributed by atoms with Gasteiger partial charge in [-0.1, -0.05) is 11.6 Å². The topological polar surface area (TPSA) is 127 Å². The molecule has 0 aliphatic heterocycles. The Morgan fingerprint density at radius 3 is 2.52 bits per heavy atom. The largest absolute Gasteiger partial charge is 0.494 e. The van der Waals surface area contributed by atoms with Crippen LogP contribution < -0.4 is 25.5 Å². The SMILES string of the molecule is CCOc1ccc(NC(=O)COc2ccc(Cl)cc2/C=N\NC(=O)C(=O)NCCOC)cc1. The van der Waals surface area contributed by atoms with E-state index in [1.54, 1.807) is 36.4 Å². The van der Waals surface area contributed by atoms with Gasteiger partial charge in [-0.3, -0.25) is 14.4 Å². The van der Waals surface area contributed by atoms with Crippen molar-refractivity contribution in [2.75, 3.05) is 38.8 Å². The van der Waals surface area contributed by atoms with Crippen LogP contribution >= 0.6 is 11.6 Å². The summed E-state index contributed by atoms with van der Waals surface area (Å²) < 4.78 is 15.7. The molecular formula is C22H25ClN4O6. The molecule has 33 heavy (non-hydrogen) atoms. The fourth-order valence-corrected chi connectivity index (χ4v) is 2.63. The van der Waals surface area contributed by atoms with E-state index in [9.17, 15) is 14.4 Å². The highest BCUT2D eigenvalue weighted by Crippen LogP contribution is 2.21. The van der Waals surface area contributed by atoms with Gasteiger partial charge in [0.2, 0.25) is 0 Å². The van der Waals surface area contributed by atoms with Crippen LogP contribution in [0.15, 0.2) is 47.6 Å². The van der Waals surface area contributed by atoms with E-state index in [2.05, 4.69) is 21.2 Å². The predicted octanol–water partition coefficient (Wildman–Crippen LogP) is 1.97. The lowest BCUT2D eigenvalue weighted by Crippen LogP contribution is -2.39. The maximum absolute atomic E-state index is 12.2. The lowest BCUT2D eigenvalue weighted by Gasteiger charge is -2.10. The molecule has 176 valence electrons. The number of nitrogens with one attached hydrogen (secondary N) is 3. The fraction of sp³-hybridized carbons (Fsp3) is 0.273. The van der Waals surface area contributed by atoms with E-state index in [-0.39, 0.29) is 25.7 Å². The quantitative estimate of drug-likeness (QED) is 0.197. The maximum Gasteiger partial charge on any atom is 0.329 e. The molecule has 0 unspecified atom stereocenters. The van der Waals surface area contributed by atoms with Gasteiger partial charge >= 0.3 is 11.8 Å². The highest BCUT2D eigenvalue weighted by atomic mass is 35.5. The Morgan fingerprint density at radius 1 is 1.06 bits per heavy atom. The van der Waals surface area contributed by atoms with Gasteiger partial charge in [0, 0.05) is 29.9 Å². The molecule has 0 aliphatic carbocycles. The molecule has 11 heteroatoms. The molecule has 0 saturated carbocycles. The maximum atomic E-state index is 12.2. The van der Waals surface area contributed by atoms with Crippen molar-refractivity contribution < 1.29 is 28.6 Å².